The summed E-state index contributed by atoms with van der Waals surface area (Å²) in [5.74, 6) is -1.53. The summed E-state index contributed by atoms with van der Waals surface area (Å²) in [5.41, 5.74) is 0.168. The largest absolute Gasteiger partial charge is 0.481 e. The number of nitrogens with one attached hydrogen (secondary N) is 1. The highest BCUT2D eigenvalue weighted by atomic mass is 16.6. The van der Waals surface area contributed by atoms with Gasteiger partial charge in [0.1, 0.15) is 5.60 Å². The molecule has 0 saturated heterocycles. The fourth-order valence-electron chi connectivity index (χ4n) is 1.75. The van der Waals surface area contributed by atoms with Crippen LogP contribution in [-0.2, 0) is 9.53 Å². The molecule has 110 valence electrons. The zero-order chi connectivity index (χ0) is 15.2. The van der Waals surface area contributed by atoms with Crippen LogP contribution in [-0.4, -0.2) is 29.3 Å². The summed E-state index contributed by atoms with van der Waals surface area (Å²) in [4.78, 5) is 22.7. The molecule has 1 amide bonds. The van der Waals surface area contributed by atoms with Crippen molar-refractivity contribution in [3.63, 3.8) is 0 Å². The molecule has 0 heterocycles. The Hall–Kier alpha value is -2.04. The molecule has 0 unspecified atom stereocenters. The van der Waals surface area contributed by atoms with Crippen LogP contribution in [0.3, 0.4) is 0 Å². The molecule has 1 rings (SSSR count). The fourth-order valence-corrected chi connectivity index (χ4v) is 1.75. The van der Waals surface area contributed by atoms with Crippen molar-refractivity contribution in [3.05, 3.63) is 35.9 Å². The molecule has 0 aliphatic rings. The van der Waals surface area contributed by atoms with Crippen molar-refractivity contribution in [2.45, 2.75) is 38.7 Å². The number of benzene rings is 1. The van der Waals surface area contributed by atoms with E-state index in [2.05, 4.69) is 5.32 Å². The van der Waals surface area contributed by atoms with Gasteiger partial charge in [0.05, 0.1) is 5.92 Å². The maximum Gasteiger partial charge on any atom is 0.407 e. The third kappa shape index (κ3) is 5.73. The molecule has 20 heavy (non-hydrogen) atoms. The number of rotatable bonds is 5. The Morgan fingerprint density at radius 2 is 1.85 bits per heavy atom. The van der Waals surface area contributed by atoms with Crippen molar-refractivity contribution >= 4 is 12.1 Å². The second-order valence-corrected chi connectivity index (χ2v) is 5.52. The number of carbonyl (C=O) groups is 2. The van der Waals surface area contributed by atoms with Crippen LogP contribution in [0.15, 0.2) is 30.3 Å². The number of ether oxygens (including phenoxy) is 1. The number of aliphatic carboxylic acids is 1. The summed E-state index contributed by atoms with van der Waals surface area (Å²) < 4.78 is 5.09. The van der Waals surface area contributed by atoms with Gasteiger partial charge in [-0.2, -0.15) is 0 Å². The van der Waals surface area contributed by atoms with E-state index in [4.69, 9.17) is 4.74 Å². The van der Waals surface area contributed by atoms with E-state index in [0.29, 0.717) is 6.42 Å². The highest BCUT2D eigenvalue weighted by Gasteiger charge is 2.20. The minimum absolute atomic E-state index is 0.251. The summed E-state index contributed by atoms with van der Waals surface area (Å²) in [5, 5.41) is 11.8. The van der Waals surface area contributed by atoms with E-state index in [9.17, 15) is 14.7 Å². The summed E-state index contributed by atoms with van der Waals surface area (Å²) >= 11 is 0. The summed E-state index contributed by atoms with van der Waals surface area (Å²) in [6.45, 7) is 5.57. The average Bonchev–Trinajstić information content (AvgIpc) is 2.33. The number of amides is 1. The Bertz CT molecular complexity index is 451. The summed E-state index contributed by atoms with van der Waals surface area (Å²) in [6.07, 6.45) is -0.215. The van der Waals surface area contributed by atoms with Crippen LogP contribution in [0.2, 0.25) is 0 Å². The minimum atomic E-state index is -0.901. The average molecular weight is 279 g/mol. The lowest BCUT2D eigenvalue weighted by atomic mass is 9.96. The fraction of sp³-hybridized carbons (Fsp3) is 0.467. The van der Waals surface area contributed by atoms with Crippen molar-refractivity contribution in [1.82, 2.24) is 5.32 Å². The third-order valence-electron chi connectivity index (χ3n) is 2.60. The van der Waals surface area contributed by atoms with E-state index in [1.165, 1.54) is 0 Å². The number of carboxylic acid groups (broad SMARTS) is 1. The van der Waals surface area contributed by atoms with Crippen LogP contribution in [0.1, 0.15) is 38.7 Å². The first-order valence-corrected chi connectivity index (χ1v) is 6.54. The Morgan fingerprint density at radius 3 is 2.35 bits per heavy atom. The minimum Gasteiger partial charge on any atom is -0.481 e. The van der Waals surface area contributed by atoms with Crippen LogP contribution in [0.4, 0.5) is 4.79 Å². The SMILES string of the molecule is CC(C)(C)OC(=O)NCC[C@@H](C(=O)O)c1ccccc1. The van der Waals surface area contributed by atoms with E-state index in [0.717, 1.165) is 5.56 Å². The predicted molar refractivity (Wildman–Crippen MR) is 75.7 cm³/mol. The normalized spacial score (nSPS) is 12.6. The molecule has 0 bridgehead atoms. The number of carbonyl (C=O) groups excluding carboxylic acids is 1. The molecule has 0 aliphatic carbocycles. The first-order chi connectivity index (χ1) is 9.29. The Kier molecular flexibility index (Phi) is 5.55. The Labute approximate surface area is 118 Å². The molecule has 0 aromatic heterocycles. The quantitative estimate of drug-likeness (QED) is 0.869. The van der Waals surface area contributed by atoms with Gasteiger partial charge in [-0.25, -0.2) is 4.79 Å². The Balaban J connectivity index is 2.49. The highest BCUT2D eigenvalue weighted by Crippen LogP contribution is 2.19. The number of hydrogen-bond acceptors (Lipinski definition) is 3. The molecule has 2 N–H and O–H groups in total. The van der Waals surface area contributed by atoms with E-state index < -0.39 is 23.6 Å². The van der Waals surface area contributed by atoms with Crippen LogP contribution < -0.4 is 5.32 Å². The molecule has 0 radical (unpaired) electrons. The molecule has 0 saturated carbocycles. The van der Waals surface area contributed by atoms with Crippen molar-refractivity contribution < 1.29 is 19.4 Å². The monoisotopic (exact) mass is 279 g/mol. The van der Waals surface area contributed by atoms with E-state index >= 15 is 0 Å². The van der Waals surface area contributed by atoms with Gasteiger partial charge in [-0.1, -0.05) is 30.3 Å². The second kappa shape index (κ2) is 6.93. The van der Waals surface area contributed by atoms with Gasteiger partial charge in [-0.15, -0.1) is 0 Å². The van der Waals surface area contributed by atoms with Crippen LogP contribution in [0, 0.1) is 0 Å². The molecule has 1 atom stereocenters. The van der Waals surface area contributed by atoms with Crippen molar-refractivity contribution in [2.24, 2.45) is 0 Å². The van der Waals surface area contributed by atoms with Gasteiger partial charge in [0.15, 0.2) is 0 Å². The molecule has 5 nitrogen and oxygen atoms in total. The second-order valence-electron chi connectivity index (χ2n) is 5.52. The lowest BCUT2D eigenvalue weighted by molar-refractivity contribution is -0.139. The van der Waals surface area contributed by atoms with E-state index in [1.54, 1.807) is 45.0 Å². The maximum atomic E-state index is 11.5. The van der Waals surface area contributed by atoms with E-state index in [-0.39, 0.29) is 6.54 Å². The summed E-state index contributed by atoms with van der Waals surface area (Å²) in [7, 11) is 0. The maximum absolute atomic E-state index is 11.5. The van der Waals surface area contributed by atoms with Crippen LogP contribution >= 0.6 is 0 Å². The van der Waals surface area contributed by atoms with Gasteiger partial charge < -0.3 is 15.2 Å². The van der Waals surface area contributed by atoms with Gasteiger partial charge in [-0.3, -0.25) is 4.79 Å². The van der Waals surface area contributed by atoms with Crippen molar-refractivity contribution in [2.75, 3.05) is 6.54 Å². The van der Waals surface area contributed by atoms with Gasteiger partial charge in [0.2, 0.25) is 0 Å². The van der Waals surface area contributed by atoms with Crippen LogP contribution in [0.5, 0.6) is 0 Å². The van der Waals surface area contributed by atoms with Gasteiger partial charge >= 0.3 is 12.1 Å². The number of hydrogen-bond donors (Lipinski definition) is 2. The molecule has 1 aromatic carbocycles. The van der Waals surface area contributed by atoms with Crippen LogP contribution in [0.25, 0.3) is 0 Å². The molecular weight excluding hydrogens is 258 g/mol. The molecular formula is C15H21NO4. The van der Waals surface area contributed by atoms with Gasteiger partial charge in [0.25, 0.3) is 0 Å². The number of carboxylic acids is 1. The molecule has 1 aromatic rings. The van der Waals surface area contributed by atoms with Crippen molar-refractivity contribution in [1.29, 1.82) is 0 Å². The Morgan fingerprint density at radius 1 is 1.25 bits per heavy atom. The first-order valence-electron chi connectivity index (χ1n) is 6.54. The molecule has 0 spiro atoms. The zero-order valence-corrected chi connectivity index (χ0v) is 12.1. The van der Waals surface area contributed by atoms with E-state index in [1.807, 2.05) is 6.07 Å². The first kappa shape index (κ1) is 16.0. The third-order valence-corrected chi connectivity index (χ3v) is 2.60. The number of alkyl carbamates (subject to hydrolysis) is 1. The lowest BCUT2D eigenvalue weighted by Crippen LogP contribution is -2.33. The molecule has 5 heteroatoms. The standard InChI is InChI=1S/C15H21NO4/c1-15(2,3)20-14(19)16-10-9-12(13(17)18)11-7-5-4-6-8-11/h4-8,12H,9-10H2,1-3H3,(H,16,19)(H,17,18)/t12-/m1/s1. The predicted octanol–water partition coefficient (Wildman–Crippen LogP) is 2.77. The smallest absolute Gasteiger partial charge is 0.407 e. The zero-order valence-electron chi connectivity index (χ0n) is 12.1. The molecule has 0 aliphatic heterocycles. The lowest BCUT2D eigenvalue weighted by Gasteiger charge is -2.20. The topological polar surface area (TPSA) is 75.6 Å². The van der Waals surface area contributed by atoms with Crippen molar-refractivity contribution in [3.8, 4) is 0 Å². The summed E-state index contributed by atoms with van der Waals surface area (Å²) in [6, 6.07) is 8.97. The van der Waals surface area contributed by atoms with Gasteiger partial charge in [0, 0.05) is 6.54 Å². The molecule has 0 fully saturated rings. The highest BCUT2D eigenvalue weighted by molar-refractivity contribution is 5.76. The van der Waals surface area contributed by atoms with Gasteiger partial charge in [-0.05, 0) is 32.8 Å².